The van der Waals surface area contributed by atoms with Gasteiger partial charge in [0.15, 0.2) is 0 Å². The third-order valence-electron chi connectivity index (χ3n) is 1.01. The van der Waals surface area contributed by atoms with Crippen LogP contribution < -0.4 is 0 Å². The van der Waals surface area contributed by atoms with Gasteiger partial charge in [0.1, 0.15) is 6.33 Å². The molecule has 0 saturated carbocycles. The molecule has 1 atom stereocenters. The highest BCUT2D eigenvalue weighted by atomic mass is 35.5. The molecule has 3 heteroatoms. The van der Waals surface area contributed by atoms with E-state index in [-0.39, 0.29) is 5.38 Å². The van der Waals surface area contributed by atoms with E-state index < -0.39 is 0 Å². The summed E-state index contributed by atoms with van der Waals surface area (Å²) in [5.74, 6) is 0. The molecule has 0 aliphatic carbocycles. The Labute approximate surface area is 58.9 Å². The minimum Gasteiger partial charge on any atom is -0.245 e. The van der Waals surface area contributed by atoms with Crippen molar-refractivity contribution in [3.8, 4) is 0 Å². The van der Waals surface area contributed by atoms with Crippen LogP contribution in [0.1, 0.15) is 18.0 Å². The van der Waals surface area contributed by atoms with E-state index in [1.165, 1.54) is 6.33 Å². The Balaban J connectivity index is 2.85. The fourth-order valence-corrected chi connectivity index (χ4v) is 0.665. The average Bonchev–Trinajstić information content (AvgIpc) is 1.90. The maximum absolute atomic E-state index is 5.71. The maximum atomic E-state index is 5.71. The van der Waals surface area contributed by atoms with Gasteiger partial charge < -0.3 is 0 Å². The van der Waals surface area contributed by atoms with Gasteiger partial charge >= 0.3 is 0 Å². The van der Waals surface area contributed by atoms with Crippen LogP contribution in [0.15, 0.2) is 18.6 Å². The Bertz CT molecular complexity index is 174. The molecule has 0 N–H and O–H groups in total. The van der Waals surface area contributed by atoms with Gasteiger partial charge in [-0.3, -0.25) is 0 Å². The molecule has 0 saturated heterocycles. The smallest absolute Gasteiger partial charge is 0.115 e. The van der Waals surface area contributed by atoms with E-state index in [9.17, 15) is 0 Å². The first-order chi connectivity index (χ1) is 4.30. The van der Waals surface area contributed by atoms with Crippen molar-refractivity contribution in [2.45, 2.75) is 12.3 Å². The Morgan fingerprint density at radius 2 is 2.44 bits per heavy atom. The highest BCUT2D eigenvalue weighted by Gasteiger charge is 1.98. The van der Waals surface area contributed by atoms with Crippen LogP contribution in [0.25, 0.3) is 0 Å². The van der Waals surface area contributed by atoms with Crippen LogP contribution >= 0.6 is 11.6 Å². The van der Waals surface area contributed by atoms with Crippen LogP contribution in [-0.2, 0) is 0 Å². The van der Waals surface area contributed by atoms with E-state index in [2.05, 4.69) is 9.97 Å². The van der Waals surface area contributed by atoms with Crippen LogP contribution in [0, 0.1) is 0 Å². The predicted octanol–water partition coefficient (Wildman–Crippen LogP) is 1.78. The van der Waals surface area contributed by atoms with Crippen LogP contribution in [-0.4, -0.2) is 9.97 Å². The van der Waals surface area contributed by atoms with Gasteiger partial charge in [-0.2, -0.15) is 0 Å². The summed E-state index contributed by atoms with van der Waals surface area (Å²) in [4.78, 5) is 7.69. The van der Waals surface area contributed by atoms with E-state index in [1.54, 1.807) is 12.3 Å². The molecule has 0 bridgehead atoms. The minimum atomic E-state index is -0.0204. The molecule has 0 amide bonds. The zero-order valence-corrected chi connectivity index (χ0v) is 5.84. The fourth-order valence-electron chi connectivity index (χ4n) is 0.536. The van der Waals surface area contributed by atoms with Crippen LogP contribution in [0.3, 0.4) is 0 Å². The van der Waals surface area contributed by atoms with Gasteiger partial charge in [-0.05, 0) is 13.0 Å². The molecule has 0 fully saturated rings. The molecule has 0 radical (unpaired) electrons. The number of alkyl halides is 1. The van der Waals surface area contributed by atoms with Crippen molar-refractivity contribution in [1.29, 1.82) is 0 Å². The minimum absolute atomic E-state index is 0.0204. The molecular weight excluding hydrogens is 136 g/mol. The van der Waals surface area contributed by atoms with Gasteiger partial charge in [-0.15, -0.1) is 11.6 Å². The lowest BCUT2D eigenvalue weighted by molar-refractivity contribution is 0.967. The summed E-state index contributed by atoms with van der Waals surface area (Å²) in [5.41, 5.74) is 0.867. The van der Waals surface area contributed by atoms with Crippen molar-refractivity contribution < 1.29 is 0 Å². The number of aromatic nitrogens is 2. The monoisotopic (exact) mass is 142 g/mol. The summed E-state index contributed by atoms with van der Waals surface area (Å²) in [5, 5.41) is -0.0204. The van der Waals surface area contributed by atoms with Crippen LogP contribution in [0.2, 0.25) is 0 Å². The van der Waals surface area contributed by atoms with Gasteiger partial charge in [-0.25, -0.2) is 9.97 Å². The Morgan fingerprint density at radius 3 is 2.78 bits per heavy atom. The zero-order chi connectivity index (χ0) is 6.69. The number of hydrogen-bond donors (Lipinski definition) is 0. The molecule has 1 aromatic rings. The molecule has 2 nitrogen and oxygen atoms in total. The van der Waals surface area contributed by atoms with Crippen molar-refractivity contribution in [2.24, 2.45) is 0 Å². The van der Waals surface area contributed by atoms with Crippen molar-refractivity contribution in [3.05, 3.63) is 24.3 Å². The summed E-state index contributed by atoms with van der Waals surface area (Å²) >= 11 is 5.71. The van der Waals surface area contributed by atoms with E-state index >= 15 is 0 Å². The third-order valence-corrected chi connectivity index (χ3v) is 1.24. The average molecular weight is 143 g/mol. The quantitative estimate of drug-likeness (QED) is 0.559. The molecule has 48 valence electrons. The molecule has 1 unspecified atom stereocenters. The molecule has 1 aromatic heterocycles. The van der Waals surface area contributed by atoms with E-state index in [1.807, 2.05) is 6.92 Å². The third kappa shape index (κ3) is 1.64. The Morgan fingerprint density at radius 1 is 1.67 bits per heavy atom. The van der Waals surface area contributed by atoms with E-state index in [0.29, 0.717) is 0 Å². The van der Waals surface area contributed by atoms with E-state index in [4.69, 9.17) is 11.6 Å². The molecule has 1 rings (SSSR count). The van der Waals surface area contributed by atoms with Crippen LogP contribution in [0.4, 0.5) is 0 Å². The highest BCUT2D eigenvalue weighted by molar-refractivity contribution is 6.20. The number of hydrogen-bond acceptors (Lipinski definition) is 2. The standard InChI is InChI=1S/C6H7ClN2/c1-5(7)6-2-3-8-4-9-6/h2-5H,1H3. The van der Waals surface area contributed by atoms with Gasteiger partial charge in [0.2, 0.25) is 0 Å². The highest BCUT2D eigenvalue weighted by Crippen LogP contribution is 2.14. The summed E-state index contributed by atoms with van der Waals surface area (Å²) in [6.45, 7) is 1.88. The maximum Gasteiger partial charge on any atom is 0.115 e. The molecule has 9 heavy (non-hydrogen) atoms. The van der Waals surface area contributed by atoms with Gasteiger partial charge in [0.05, 0.1) is 11.1 Å². The van der Waals surface area contributed by atoms with Crippen molar-refractivity contribution in [2.75, 3.05) is 0 Å². The number of nitrogens with zero attached hydrogens (tertiary/aromatic N) is 2. The van der Waals surface area contributed by atoms with Gasteiger partial charge in [0.25, 0.3) is 0 Å². The van der Waals surface area contributed by atoms with Crippen molar-refractivity contribution in [3.63, 3.8) is 0 Å². The largest absolute Gasteiger partial charge is 0.245 e. The molecule has 0 aliphatic heterocycles. The van der Waals surface area contributed by atoms with Gasteiger partial charge in [-0.1, -0.05) is 0 Å². The summed E-state index contributed by atoms with van der Waals surface area (Å²) in [6, 6.07) is 1.80. The zero-order valence-electron chi connectivity index (χ0n) is 5.08. The summed E-state index contributed by atoms with van der Waals surface area (Å²) < 4.78 is 0. The second-order valence-electron chi connectivity index (χ2n) is 1.75. The summed E-state index contributed by atoms with van der Waals surface area (Å²) in [6.07, 6.45) is 3.18. The first-order valence-electron chi connectivity index (χ1n) is 2.70. The SMILES string of the molecule is CC(Cl)c1ccncn1. The molecular formula is C6H7ClN2. The predicted molar refractivity (Wildman–Crippen MR) is 36.3 cm³/mol. The Kier molecular flexibility index (Phi) is 2.01. The van der Waals surface area contributed by atoms with E-state index in [0.717, 1.165) is 5.69 Å². The second kappa shape index (κ2) is 2.78. The normalized spacial score (nSPS) is 13.1. The number of halogens is 1. The lowest BCUT2D eigenvalue weighted by atomic mass is 10.3. The fraction of sp³-hybridized carbons (Fsp3) is 0.333. The van der Waals surface area contributed by atoms with Crippen molar-refractivity contribution in [1.82, 2.24) is 9.97 Å². The number of rotatable bonds is 1. The molecule has 0 spiro atoms. The lowest BCUT2D eigenvalue weighted by Gasteiger charge is -1.97. The molecule has 0 aromatic carbocycles. The lowest BCUT2D eigenvalue weighted by Crippen LogP contribution is -1.88. The molecule has 1 heterocycles. The Hall–Kier alpha value is -0.630. The topological polar surface area (TPSA) is 25.8 Å². The second-order valence-corrected chi connectivity index (χ2v) is 2.40. The summed E-state index contributed by atoms with van der Waals surface area (Å²) in [7, 11) is 0. The molecule has 0 aliphatic rings. The van der Waals surface area contributed by atoms with Crippen molar-refractivity contribution >= 4 is 11.6 Å². The van der Waals surface area contributed by atoms with Crippen LogP contribution in [0.5, 0.6) is 0 Å². The first kappa shape index (κ1) is 6.49. The van der Waals surface area contributed by atoms with Gasteiger partial charge in [0, 0.05) is 6.20 Å². The first-order valence-corrected chi connectivity index (χ1v) is 3.14.